The van der Waals surface area contributed by atoms with Crippen molar-refractivity contribution in [2.24, 2.45) is 7.05 Å². The van der Waals surface area contributed by atoms with Gasteiger partial charge in [0.2, 0.25) is 0 Å². The fourth-order valence-electron chi connectivity index (χ4n) is 3.00. The zero-order chi connectivity index (χ0) is 18.8. The van der Waals surface area contributed by atoms with Gasteiger partial charge in [0.05, 0.1) is 19.0 Å². The van der Waals surface area contributed by atoms with Crippen LogP contribution in [-0.2, 0) is 12.8 Å². The highest BCUT2D eigenvalue weighted by atomic mass is 32.2. The van der Waals surface area contributed by atoms with Crippen LogP contribution in [0.15, 0.2) is 75.2 Å². The first-order chi connectivity index (χ1) is 13.2. The summed E-state index contributed by atoms with van der Waals surface area (Å²) in [5, 5.41) is 1.80. The van der Waals surface area contributed by atoms with E-state index in [0.717, 1.165) is 27.4 Å². The zero-order valence-electron chi connectivity index (χ0n) is 15.0. The zero-order valence-corrected chi connectivity index (χ0v) is 15.8. The maximum Gasteiger partial charge on any atom is 0.336 e. The van der Waals surface area contributed by atoms with E-state index in [4.69, 9.17) is 9.15 Å². The molecule has 0 saturated carbocycles. The van der Waals surface area contributed by atoms with E-state index in [9.17, 15) is 4.79 Å². The molecule has 5 nitrogen and oxygen atoms in total. The molecule has 0 unspecified atom stereocenters. The molecule has 0 spiro atoms. The molecule has 2 aromatic heterocycles. The van der Waals surface area contributed by atoms with Crippen molar-refractivity contribution in [2.45, 2.75) is 10.9 Å². The highest BCUT2D eigenvalue weighted by Gasteiger charge is 2.12. The van der Waals surface area contributed by atoms with E-state index in [1.807, 2.05) is 43.6 Å². The Labute approximate surface area is 160 Å². The molecule has 0 aliphatic heterocycles. The number of hydrogen-bond acceptors (Lipinski definition) is 5. The standard InChI is InChI=1S/C21H18N2O3S/c1-23-18(14-6-4-3-5-7-14)12-22-21(23)27-13-15-10-20(24)26-19-11-16(25-2)8-9-17(15)19/h3-12H,13H2,1-2H3. The normalized spacial score (nSPS) is 11.0. The lowest BCUT2D eigenvalue weighted by Gasteiger charge is -2.08. The number of methoxy groups -OCH3 is 1. The Morgan fingerprint density at radius 2 is 1.96 bits per heavy atom. The van der Waals surface area contributed by atoms with Crippen LogP contribution in [0.25, 0.3) is 22.2 Å². The van der Waals surface area contributed by atoms with E-state index in [0.29, 0.717) is 17.1 Å². The lowest BCUT2D eigenvalue weighted by molar-refractivity contribution is 0.414. The first-order valence-corrected chi connectivity index (χ1v) is 9.45. The predicted octanol–water partition coefficient (Wildman–Crippen LogP) is 4.49. The summed E-state index contributed by atoms with van der Waals surface area (Å²) in [5.41, 5.74) is 3.26. The first kappa shape index (κ1) is 17.4. The summed E-state index contributed by atoms with van der Waals surface area (Å²) in [6.45, 7) is 0. The molecule has 6 heteroatoms. The van der Waals surface area contributed by atoms with E-state index in [-0.39, 0.29) is 5.63 Å². The molecule has 2 aromatic carbocycles. The van der Waals surface area contributed by atoms with Gasteiger partial charge in [-0.25, -0.2) is 9.78 Å². The Morgan fingerprint density at radius 3 is 2.74 bits per heavy atom. The second-order valence-electron chi connectivity index (χ2n) is 6.09. The summed E-state index contributed by atoms with van der Waals surface area (Å²) >= 11 is 1.59. The Bertz CT molecular complexity index is 1150. The molecule has 0 fully saturated rings. The van der Waals surface area contributed by atoms with Gasteiger partial charge in [-0.05, 0) is 23.3 Å². The van der Waals surface area contributed by atoms with Gasteiger partial charge in [0, 0.05) is 30.3 Å². The summed E-state index contributed by atoms with van der Waals surface area (Å²) in [5.74, 6) is 1.28. The lowest BCUT2D eigenvalue weighted by Crippen LogP contribution is -2.01. The maximum atomic E-state index is 11.9. The van der Waals surface area contributed by atoms with Gasteiger partial charge in [-0.1, -0.05) is 42.1 Å². The van der Waals surface area contributed by atoms with Gasteiger partial charge in [-0.3, -0.25) is 0 Å². The Morgan fingerprint density at radius 1 is 1.15 bits per heavy atom. The van der Waals surface area contributed by atoms with Gasteiger partial charge >= 0.3 is 5.63 Å². The fraction of sp³-hybridized carbons (Fsp3) is 0.143. The first-order valence-electron chi connectivity index (χ1n) is 8.46. The number of rotatable bonds is 5. The number of ether oxygens (including phenoxy) is 1. The Hall–Kier alpha value is -2.99. The molecule has 0 aliphatic carbocycles. The summed E-state index contributed by atoms with van der Waals surface area (Å²) < 4.78 is 12.6. The molecule has 0 radical (unpaired) electrons. The summed E-state index contributed by atoms with van der Waals surface area (Å²) in [6, 6.07) is 17.2. The molecule has 0 amide bonds. The average Bonchev–Trinajstić information content (AvgIpc) is 3.06. The molecular formula is C21H18N2O3S. The number of aromatic nitrogens is 2. The minimum Gasteiger partial charge on any atom is -0.497 e. The van der Waals surface area contributed by atoms with Gasteiger partial charge in [-0.2, -0.15) is 0 Å². The van der Waals surface area contributed by atoms with Gasteiger partial charge in [0.15, 0.2) is 5.16 Å². The van der Waals surface area contributed by atoms with Crippen LogP contribution < -0.4 is 10.4 Å². The van der Waals surface area contributed by atoms with E-state index < -0.39 is 0 Å². The van der Waals surface area contributed by atoms with Gasteiger partial charge in [-0.15, -0.1) is 0 Å². The van der Waals surface area contributed by atoms with Crippen molar-refractivity contribution in [3.8, 4) is 17.0 Å². The van der Waals surface area contributed by atoms with Crippen LogP contribution in [-0.4, -0.2) is 16.7 Å². The van der Waals surface area contributed by atoms with E-state index >= 15 is 0 Å². The topological polar surface area (TPSA) is 57.3 Å². The summed E-state index contributed by atoms with van der Waals surface area (Å²) in [7, 11) is 3.59. The van der Waals surface area contributed by atoms with Crippen molar-refractivity contribution in [3.05, 3.63) is 76.8 Å². The van der Waals surface area contributed by atoms with Gasteiger partial charge in [0.25, 0.3) is 0 Å². The van der Waals surface area contributed by atoms with Crippen molar-refractivity contribution >= 4 is 22.7 Å². The third-order valence-electron chi connectivity index (χ3n) is 4.41. The smallest absolute Gasteiger partial charge is 0.336 e. The van der Waals surface area contributed by atoms with Crippen LogP contribution in [0.5, 0.6) is 5.75 Å². The SMILES string of the molecule is COc1ccc2c(CSc3ncc(-c4ccccc4)n3C)cc(=O)oc2c1. The maximum absolute atomic E-state index is 11.9. The van der Waals surface area contributed by atoms with Crippen LogP contribution in [0.4, 0.5) is 0 Å². The molecule has 4 aromatic rings. The molecule has 0 bridgehead atoms. The Balaban J connectivity index is 1.63. The van der Waals surface area contributed by atoms with Crippen LogP contribution in [0.2, 0.25) is 0 Å². The Kier molecular flexibility index (Phi) is 4.73. The molecule has 0 aliphatic rings. The predicted molar refractivity (Wildman–Crippen MR) is 107 cm³/mol. The number of thioether (sulfide) groups is 1. The number of hydrogen-bond donors (Lipinski definition) is 0. The van der Waals surface area contributed by atoms with Crippen molar-refractivity contribution in [3.63, 3.8) is 0 Å². The quantitative estimate of drug-likeness (QED) is 0.378. The number of benzene rings is 2. The van der Waals surface area contributed by atoms with E-state index in [1.165, 1.54) is 0 Å². The second kappa shape index (κ2) is 7.32. The van der Waals surface area contributed by atoms with Crippen molar-refractivity contribution < 1.29 is 9.15 Å². The molecule has 0 atom stereocenters. The minimum atomic E-state index is -0.365. The molecule has 0 saturated heterocycles. The highest BCUT2D eigenvalue weighted by Crippen LogP contribution is 2.30. The largest absolute Gasteiger partial charge is 0.497 e. The number of imidazole rings is 1. The van der Waals surface area contributed by atoms with Crippen LogP contribution in [0, 0.1) is 0 Å². The number of nitrogens with zero attached hydrogens (tertiary/aromatic N) is 2. The van der Waals surface area contributed by atoms with E-state index in [2.05, 4.69) is 21.7 Å². The lowest BCUT2D eigenvalue weighted by atomic mass is 10.1. The van der Waals surface area contributed by atoms with Gasteiger partial charge in [0.1, 0.15) is 11.3 Å². The van der Waals surface area contributed by atoms with E-state index in [1.54, 1.807) is 31.0 Å². The van der Waals surface area contributed by atoms with Crippen molar-refractivity contribution in [2.75, 3.05) is 7.11 Å². The summed E-state index contributed by atoms with van der Waals surface area (Å²) in [6.07, 6.45) is 1.87. The molecule has 0 N–H and O–H groups in total. The minimum absolute atomic E-state index is 0.365. The average molecular weight is 378 g/mol. The van der Waals surface area contributed by atoms with Gasteiger partial charge < -0.3 is 13.7 Å². The van der Waals surface area contributed by atoms with Crippen LogP contribution in [0.1, 0.15) is 5.56 Å². The number of fused-ring (bicyclic) bond motifs is 1. The molecule has 4 rings (SSSR count). The fourth-order valence-corrected chi connectivity index (χ4v) is 3.95. The van der Waals surface area contributed by atoms with Crippen LogP contribution >= 0.6 is 11.8 Å². The van der Waals surface area contributed by atoms with Crippen LogP contribution in [0.3, 0.4) is 0 Å². The molecule has 2 heterocycles. The molecule has 136 valence electrons. The van der Waals surface area contributed by atoms with Crippen molar-refractivity contribution in [1.82, 2.24) is 9.55 Å². The monoisotopic (exact) mass is 378 g/mol. The third-order valence-corrected chi connectivity index (χ3v) is 5.50. The third kappa shape index (κ3) is 3.48. The van der Waals surface area contributed by atoms with Crippen molar-refractivity contribution in [1.29, 1.82) is 0 Å². The molecule has 27 heavy (non-hydrogen) atoms. The summed E-state index contributed by atoms with van der Waals surface area (Å²) in [4.78, 5) is 16.5. The highest BCUT2D eigenvalue weighted by molar-refractivity contribution is 7.98. The second-order valence-corrected chi connectivity index (χ2v) is 7.03. The molecular weight excluding hydrogens is 360 g/mol.